The summed E-state index contributed by atoms with van der Waals surface area (Å²) in [5, 5.41) is 0. The van der Waals surface area contributed by atoms with Gasteiger partial charge in [-0.3, -0.25) is 0 Å². The van der Waals surface area contributed by atoms with E-state index in [2.05, 4.69) is 9.97 Å². The van der Waals surface area contributed by atoms with E-state index in [9.17, 15) is 13.2 Å². The Labute approximate surface area is 106 Å². The van der Waals surface area contributed by atoms with Crippen molar-refractivity contribution in [3.63, 3.8) is 0 Å². The van der Waals surface area contributed by atoms with E-state index in [1.54, 1.807) is 0 Å². The van der Waals surface area contributed by atoms with Crippen LogP contribution in [0.2, 0.25) is 0 Å². The zero-order valence-electron chi connectivity index (χ0n) is 9.48. The summed E-state index contributed by atoms with van der Waals surface area (Å²) in [6.45, 7) is 0. The average Bonchev–Trinajstić information content (AvgIpc) is 2.26. The number of rotatable bonds is 2. The third-order valence-electron chi connectivity index (χ3n) is 2.14. The summed E-state index contributed by atoms with van der Waals surface area (Å²) >= 11 is 0. The number of aromatic nitrogens is 2. The van der Waals surface area contributed by atoms with Crippen molar-refractivity contribution in [2.45, 2.75) is 6.18 Å². The number of alkyl halides is 3. The summed E-state index contributed by atoms with van der Waals surface area (Å²) in [5.41, 5.74) is 10.0. The van der Waals surface area contributed by atoms with Gasteiger partial charge >= 0.3 is 6.18 Å². The Morgan fingerprint density at radius 3 is 2.16 bits per heavy atom. The second-order valence-corrected chi connectivity index (χ2v) is 3.61. The topological polar surface area (TPSA) is 87.0 Å². The molecule has 1 aromatic carbocycles. The molecule has 0 aliphatic rings. The van der Waals surface area contributed by atoms with Crippen LogP contribution in [0.5, 0.6) is 11.6 Å². The maximum Gasteiger partial charge on any atom is 0.416 e. The molecule has 2 aromatic rings. The van der Waals surface area contributed by atoms with Crippen molar-refractivity contribution in [2.75, 3.05) is 11.5 Å². The highest BCUT2D eigenvalue weighted by Gasteiger charge is 2.30. The summed E-state index contributed by atoms with van der Waals surface area (Å²) < 4.78 is 42.3. The van der Waals surface area contributed by atoms with Crippen LogP contribution in [-0.4, -0.2) is 9.97 Å². The zero-order valence-corrected chi connectivity index (χ0v) is 9.48. The van der Waals surface area contributed by atoms with Crippen molar-refractivity contribution in [3.8, 4) is 11.6 Å². The SMILES string of the molecule is Nc1cc(Oc2ccc(C(F)(F)F)cc2)nc(N)n1. The van der Waals surface area contributed by atoms with Gasteiger partial charge in [-0.15, -0.1) is 0 Å². The number of hydrogen-bond acceptors (Lipinski definition) is 5. The quantitative estimate of drug-likeness (QED) is 0.875. The Bertz CT molecular complexity index is 563. The average molecular weight is 270 g/mol. The fraction of sp³-hybridized carbons (Fsp3) is 0.0909. The number of halogens is 3. The van der Waals surface area contributed by atoms with Crippen LogP contribution in [0.1, 0.15) is 5.56 Å². The van der Waals surface area contributed by atoms with E-state index in [4.69, 9.17) is 16.2 Å². The van der Waals surface area contributed by atoms with Crippen LogP contribution in [0.4, 0.5) is 24.9 Å². The van der Waals surface area contributed by atoms with E-state index in [1.165, 1.54) is 18.2 Å². The van der Waals surface area contributed by atoms with Crippen molar-refractivity contribution in [3.05, 3.63) is 35.9 Å². The van der Waals surface area contributed by atoms with Crippen molar-refractivity contribution >= 4 is 11.8 Å². The lowest BCUT2D eigenvalue weighted by atomic mass is 10.2. The van der Waals surface area contributed by atoms with E-state index in [0.29, 0.717) is 0 Å². The van der Waals surface area contributed by atoms with E-state index < -0.39 is 11.7 Å². The molecular formula is C11H9F3N4O. The van der Waals surface area contributed by atoms with Crippen LogP contribution in [0.3, 0.4) is 0 Å². The maximum absolute atomic E-state index is 12.4. The number of nitrogens with two attached hydrogens (primary N) is 2. The minimum Gasteiger partial charge on any atom is -0.439 e. The van der Waals surface area contributed by atoms with Crippen LogP contribution in [-0.2, 0) is 6.18 Å². The van der Waals surface area contributed by atoms with Crippen LogP contribution in [0.15, 0.2) is 30.3 Å². The highest BCUT2D eigenvalue weighted by atomic mass is 19.4. The minimum absolute atomic E-state index is 0.0600. The van der Waals surface area contributed by atoms with Gasteiger partial charge in [0, 0.05) is 6.07 Å². The lowest BCUT2D eigenvalue weighted by molar-refractivity contribution is -0.137. The van der Waals surface area contributed by atoms with Crippen molar-refractivity contribution < 1.29 is 17.9 Å². The van der Waals surface area contributed by atoms with E-state index >= 15 is 0 Å². The van der Waals surface area contributed by atoms with Gasteiger partial charge in [0.25, 0.3) is 0 Å². The second kappa shape index (κ2) is 4.63. The molecule has 0 saturated carbocycles. The first kappa shape index (κ1) is 12.9. The van der Waals surface area contributed by atoms with Crippen LogP contribution >= 0.6 is 0 Å². The number of hydrogen-bond donors (Lipinski definition) is 2. The van der Waals surface area contributed by atoms with Gasteiger partial charge in [-0.1, -0.05) is 0 Å². The molecule has 0 bridgehead atoms. The summed E-state index contributed by atoms with van der Waals surface area (Å²) in [4.78, 5) is 7.38. The van der Waals surface area contributed by atoms with Gasteiger partial charge in [-0.25, -0.2) is 0 Å². The molecule has 1 heterocycles. The number of benzene rings is 1. The molecule has 100 valence electrons. The number of ether oxygens (including phenoxy) is 1. The van der Waals surface area contributed by atoms with Crippen molar-refractivity contribution in [1.82, 2.24) is 9.97 Å². The molecule has 4 N–H and O–H groups in total. The molecule has 0 aliphatic heterocycles. The molecule has 8 heteroatoms. The van der Waals surface area contributed by atoms with Crippen molar-refractivity contribution in [1.29, 1.82) is 0 Å². The molecule has 0 fully saturated rings. The zero-order chi connectivity index (χ0) is 14.0. The Kier molecular flexibility index (Phi) is 3.16. The van der Waals surface area contributed by atoms with Gasteiger partial charge in [0.2, 0.25) is 11.8 Å². The molecule has 0 unspecified atom stereocenters. The lowest BCUT2D eigenvalue weighted by Crippen LogP contribution is -2.04. The molecule has 2 rings (SSSR count). The molecule has 0 aliphatic carbocycles. The Balaban J connectivity index is 2.20. The number of nitrogen functional groups attached to an aromatic ring is 2. The second-order valence-electron chi connectivity index (χ2n) is 3.61. The Morgan fingerprint density at radius 2 is 1.63 bits per heavy atom. The third-order valence-corrected chi connectivity index (χ3v) is 2.14. The number of anilines is 2. The Morgan fingerprint density at radius 1 is 1.00 bits per heavy atom. The minimum atomic E-state index is -4.39. The normalized spacial score (nSPS) is 11.3. The van der Waals surface area contributed by atoms with Gasteiger partial charge in [-0.2, -0.15) is 23.1 Å². The molecule has 0 atom stereocenters. The molecule has 0 radical (unpaired) electrons. The third kappa shape index (κ3) is 3.24. The van der Waals surface area contributed by atoms with E-state index in [0.717, 1.165) is 12.1 Å². The molecular weight excluding hydrogens is 261 g/mol. The predicted octanol–water partition coefficient (Wildman–Crippen LogP) is 2.45. The molecule has 1 aromatic heterocycles. The van der Waals surface area contributed by atoms with Gasteiger partial charge < -0.3 is 16.2 Å². The van der Waals surface area contributed by atoms with Gasteiger partial charge in [0.1, 0.15) is 11.6 Å². The highest BCUT2D eigenvalue weighted by Crippen LogP contribution is 2.31. The summed E-state index contributed by atoms with van der Waals surface area (Å²) in [6.07, 6.45) is -4.39. The van der Waals surface area contributed by atoms with E-state index in [1.807, 2.05) is 0 Å². The maximum atomic E-state index is 12.4. The van der Waals surface area contributed by atoms with Gasteiger partial charge in [-0.05, 0) is 24.3 Å². The summed E-state index contributed by atoms with van der Waals surface area (Å²) in [5.74, 6) is 0.270. The molecule has 0 saturated heterocycles. The summed E-state index contributed by atoms with van der Waals surface area (Å²) in [7, 11) is 0. The Hall–Kier alpha value is -2.51. The van der Waals surface area contributed by atoms with Gasteiger partial charge in [0.05, 0.1) is 5.56 Å². The first-order chi connectivity index (χ1) is 8.84. The predicted molar refractivity (Wildman–Crippen MR) is 62.4 cm³/mol. The van der Waals surface area contributed by atoms with Crippen LogP contribution in [0, 0.1) is 0 Å². The fourth-order valence-electron chi connectivity index (χ4n) is 1.35. The first-order valence-corrected chi connectivity index (χ1v) is 5.10. The molecule has 0 spiro atoms. The molecule has 19 heavy (non-hydrogen) atoms. The highest BCUT2D eigenvalue weighted by molar-refractivity contribution is 5.40. The summed E-state index contributed by atoms with van der Waals surface area (Å²) in [6, 6.07) is 5.48. The lowest BCUT2D eigenvalue weighted by Gasteiger charge is -2.08. The smallest absolute Gasteiger partial charge is 0.416 e. The largest absolute Gasteiger partial charge is 0.439 e. The van der Waals surface area contributed by atoms with Crippen LogP contribution in [0.25, 0.3) is 0 Å². The van der Waals surface area contributed by atoms with Gasteiger partial charge in [0.15, 0.2) is 0 Å². The van der Waals surface area contributed by atoms with Crippen LogP contribution < -0.4 is 16.2 Å². The molecule has 5 nitrogen and oxygen atoms in total. The molecule has 0 amide bonds. The standard InChI is InChI=1S/C11H9F3N4O/c12-11(13,14)6-1-3-7(4-2-6)19-9-5-8(15)17-10(16)18-9/h1-5H,(H4,15,16,17,18). The monoisotopic (exact) mass is 270 g/mol. The number of nitrogens with zero attached hydrogens (tertiary/aromatic N) is 2. The van der Waals surface area contributed by atoms with Crippen molar-refractivity contribution in [2.24, 2.45) is 0 Å². The fourth-order valence-corrected chi connectivity index (χ4v) is 1.35. The van der Waals surface area contributed by atoms with E-state index in [-0.39, 0.29) is 23.4 Å². The first-order valence-electron chi connectivity index (χ1n) is 5.10.